The molecule has 1 atom stereocenters. The summed E-state index contributed by atoms with van der Waals surface area (Å²) in [7, 11) is 0. The van der Waals surface area contributed by atoms with Gasteiger partial charge in [-0.3, -0.25) is 0 Å². The van der Waals surface area contributed by atoms with Crippen molar-refractivity contribution < 1.29 is 0 Å². The molecule has 0 amide bonds. The van der Waals surface area contributed by atoms with Gasteiger partial charge in [0.05, 0.1) is 11.4 Å². The van der Waals surface area contributed by atoms with Crippen LogP contribution in [0.3, 0.4) is 0 Å². The maximum Gasteiger partial charge on any atom is 0.0552 e. The van der Waals surface area contributed by atoms with Gasteiger partial charge >= 0.3 is 0 Å². The monoisotopic (exact) mass is 315 g/mol. The molecule has 2 aromatic rings. The number of para-hydroxylation sites is 2. The van der Waals surface area contributed by atoms with Gasteiger partial charge in [-0.15, -0.1) is 0 Å². The molecule has 0 saturated heterocycles. The summed E-state index contributed by atoms with van der Waals surface area (Å²) >= 11 is 6.23. The molecule has 0 aromatic heterocycles. The summed E-state index contributed by atoms with van der Waals surface area (Å²) in [6.07, 6.45) is 2.39. The van der Waals surface area contributed by atoms with Crippen LogP contribution < -0.4 is 4.90 Å². The first kappa shape index (κ1) is 14.9. The Balaban J connectivity index is 1.88. The van der Waals surface area contributed by atoms with Gasteiger partial charge in [0.15, 0.2) is 0 Å². The second kappa shape index (κ2) is 6.80. The normalized spacial score (nSPS) is 14.5. The first-order valence-corrected chi connectivity index (χ1v) is 8.99. The van der Waals surface area contributed by atoms with Crippen LogP contribution in [0.4, 0.5) is 11.4 Å². The molecule has 0 spiro atoms. The molecule has 1 unspecified atom stereocenters. The summed E-state index contributed by atoms with van der Waals surface area (Å²) in [4.78, 5) is 5.20. The van der Waals surface area contributed by atoms with Gasteiger partial charge in [-0.1, -0.05) is 43.0 Å². The molecule has 21 heavy (non-hydrogen) atoms. The Morgan fingerprint density at radius 3 is 2.10 bits per heavy atom. The number of rotatable bonds is 5. The Bertz CT molecular complexity index is 566. The van der Waals surface area contributed by atoms with Crippen molar-refractivity contribution in [2.75, 3.05) is 17.2 Å². The number of benzene rings is 2. The van der Waals surface area contributed by atoms with E-state index in [0.29, 0.717) is 0 Å². The summed E-state index contributed by atoms with van der Waals surface area (Å²) < 4.78 is 0. The van der Waals surface area contributed by atoms with E-state index in [2.05, 4.69) is 73.0 Å². The molecule has 2 aromatic carbocycles. The van der Waals surface area contributed by atoms with E-state index in [9.17, 15) is 0 Å². The van der Waals surface area contributed by atoms with Gasteiger partial charge in [0.25, 0.3) is 0 Å². The van der Waals surface area contributed by atoms with E-state index in [0.717, 1.165) is 18.2 Å². The van der Waals surface area contributed by atoms with Crippen molar-refractivity contribution in [2.45, 2.75) is 29.6 Å². The van der Waals surface area contributed by atoms with Crippen LogP contribution in [0.25, 0.3) is 0 Å². The molecule has 0 radical (unpaired) electrons. The first-order chi connectivity index (χ1) is 10.3. The lowest BCUT2D eigenvalue weighted by Crippen LogP contribution is -2.23. The van der Waals surface area contributed by atoms with Crippen molar-refractivity contribution in [1.82, 2.24) is 0 Å². The lowest BCUT2D eigenvalue weighted by Gasteiger charge is -2.33. The molecular formula is C18H21NS2. The van der Waals surface area contributed by atoms with Crippen molar-refractivity contribution in [3.8, 4) is 0 Å². The molecule has 0 saturated carbocycles. The largest absolute Gasteiger partial charge is 0.340 e. The first-order valence-electron chi connectivity index (χ1n) is 7.54. The lowest BCUT2D eigenvalue weighted by atomic mass is 10.0. The molecule has 110 valence electrons. The standard InChI is InChI=1S/C18H21NS2/c1-14(11-13-20)10-12-19-15-6-2-4-8-17(15)21-18-9-5-3-7-16(18)19/h2-9,14,20H,10-13H2,1H3. The number of hydrogen-bond acceptors (Lipinski definition) is 3. The minimum atomic E-state index is 0.719. The molecule has 1 nitrogen and oxygen atoms in total. The minimum absolute atomic E-state index is 0.719. The van der Waals surface area contributed by atoms with E-state index in [1.54, 1.807) is 0 Å². The van der Waals surface area contributed by atoms with Crippen molar-refractivity contribution in [3.05, 3.63) is 48.5 Å². The molecule has 0 fully saturated rings. The highest BCUT2D eigenvalue weighted by molar-refractivity contribution is 7.99. The van der Waals surface area contributed by atoms with E-state index >= 15 is 0 Å². The summed E-state index contributed by atoms with van der Waals surface area (Å²) in [6.45, 7) is 3.40. The highest BCUT2D eigenvalue weighted by Crippen LogP contribution is 2.47. The molecule has 0 aliphatic carbocycles. The van der Waals surface area contributed by atoms with Crippen LogP contribution in [0.1, 0.15) is 19.8 Å². The van der Waals surface area contributed by atoms with Crippen LogP contribution in [-0.4, -0.2) is 12.3 Å². The Hall–Kier alpha value is -1.06. The molecule has 1 aliphatic rings. The highest BCUT2D eigenvalue weighted by Gasteiger charge is 2.22. The predicted octanol–water partition coefficient (Wildman–Crippen LogP) is 5.64. The van der Waals surface area contributed by atoms with Crippen LogP contribution in [0.2, 0.25) is 0 Å². The summed E-state index contributed by atoms with van der Waals surface area (Å²) in [5.74, 6) is 1.70. The average Bonchev–Trinajstić information content (AvgIpc) is 2.51. The summed E-state index contributed by atoms with van der Waals surface area (Å²) in [5, 5.41) is 0. The lowest BCUT2D eigenvalue weighted by molar-refractivity contribution is 0.525. The smallest absolute Gasteiger partial charge is 0.0552 e. The maximum absolute atomic E-state index is 4.35. The third-order valence-corrected chi connectivity index (χ3v) is 5.39. The quantitative estimate of drug-likeness (QED) is 0.712. The average molecular weight is 316 g/mol. The number of anilines is 2. The second-order valence-electron chi connectivity index (χ2n) is 5.60. The van der Waals surface area contributed by atoms with Gasteiger partial charge in [0.2, 0.25) is 0 Å². The second-order valence-corrected chi connectivity index (χ2v) is 7.13. The van der Waals surface area contributed by atoms with Crippen molar-refractivity contribution in [1.29, 1.82) is 0 Å². The highest BCUT2D eigenvalue weighted by atomic mass is 32.2. The Morgan fingerprint density at radius 1 is 0.952 bits per heavy atom. The van der Waals surface area contributed by atoms with Crippen molar-refractivity contribution in [3.63, 3.8) is 0 Å². The van der Waals surface area contributed by atoms with Gasteiger partial charge in [0, 0.05) is 16.3 Å². The molecule has 1 heterocycles. The van der Waals surface area contributed by atoms with Gasteiger partial charge in [-0.2, -0.15) is 12.6 Å². The molecular weight excluding hydrogens is 294 g/mol. The summed E-state index contributed by atoms with van der Waals surface area (Å²) in [5.41, 5.74) is 2.69. The van der Waals surface area contributed by atoms with Gasteiger partial charge in [-0.25, -0.2) is 0 Å². The van der Waals surface area contributed by atoms with Crippen molar-refractivity contribution in [2.24, 2.45) is 5.92 Å². The van der Waals surface area contributed by atoms with E-state index < -0.39 is 0 Å². The van der Waals surface area contributed by atoms with Gasteiger partial charge < -0.3 is 4.90 Å². The number of hydrogen-bond donors (Lipinski definition) is 1. The Morgan fingerprint density at radius 2 is 1.52 bits per heavy atom. The van der Waals surface area contributed by atoms with E-state index in [1.165, 1.54) is 34.0 Å². The van der Waals surface area contributed by atoms with Crippen LogP contribution in [0.5, 0.6) is 0 Å². The topological polar surface area (TPSA) is 3.24 Å². The van der Waals surface area contributed by atoms with Crippen LogP contribution in [0, 0.1) is 5.92 Å². The summed E-state index contributed by atoms with van der Waals surface area (Å²) in [6, 6.07) is 17.4. The fourth-order valence-corrected chi connectivity index (χ4v) is 4.27. The zero-order valence-corrected chi connectivity index (χ0v) is 14.0. The number of nitrogens with zero attached hydrogens (tertiary/aromatic N) is 1. The van der Waals surface area contributed by atoms with Crippen molar-refractivity contribution >= 4 is 35.8 Å². The van der Waals surface area contributed by atoms with Gasteiger partial charge in [-0.05, 0) is 48.8 Å². The van der Waals surface area contributed by atoms with Crippen LogP contribution >= 0.6 is 24.4 Å². The van der Waals surface area contributed by atoms with E-state index in [1.807, 2.05) is 11.8 Å². The fraction of sp³-hybridized carbons (Fsp3) is 0.333. The molecule has 3 heteroatoms. The zero-order chi connectivity index (χ0) is 14.7. The Labute approximate surface area is 137 Å². The van der Waals surface area contributed by atoms with E-state index in [-0.39, 0.29) is 0 Å². The third-order valence-electron chi connectivity index (χ3n) is 4.00. The number of fused-ring (bicyclic) bond motifs is 2. The minimum Gasteiger partial charge on any atom is -0.340 e. The van der Waals surface area contributed by atoms with E-state index in [4.69, 9.17) is 0 Å². The fourth-order valence-electron chi connectivity index (χ4n) is 2.74. The maximum atomic E-state index is 4.35. The van der Waals surface area contributed by atoms with Gasteiger partial charge in [0.1, 0.15) is 0 Å². The molecule has 0 N–H and O–H groups in total. The number of thiol groups is 1. The molecule has 3 rings (SSSR count). The SMILES string of the molecule is CC(CCS)CCN1c2ccccc2Sc2ccccc21. The van der Waals surface area contributed by atoms with Crippen LogP contribution in [-0.2, 0) is 0 Å². The Kier molecular flexibility index (Phi) is 4.81. The van der Waals surface area contributed by atoms with Crippen LogP contribution in [0.15, 0.2) is 58.3 Å². The molecule has 1 aliphatic heterocycles. The third kappa shape index (κ3) is 3.24. The molecule has 0 bridgehead atoms. The predicted molar refractivity (Wildman–Crippen MR) is 96.3 cm³/mol. The zero-order valence-electron chi connectivity index (χ0n) is 12.3.